The summed E-state index contributed by atoms with van der Waals surface area (Å²) in [5.41, 5.74) is 0. The molecule has 1 heteroatoms. The molecule has 1 N–H and O–H groups in total. The first-order chi connectivity index (χ1) is 6.40. The van der Waals surface area contributed by atoms with Crippen molar-refractivity contribution in [2.75, 3.05) is 6.54 Å². The van der Waals surface area contributed by atoms with Gasteiger partial charge in [0.05, 0.1) is 0 Å². The lowest BCUT2D eigenvalue weighted by Crippen LogP contribution is -2.26. The minimum absolute atomic E-state index is 0.871. The number of allylic oxidation sites excluding steroid dienone is 2. The van der Waals surface area contributed by atoms with E-state index in [-0.39, 0.29) is 0 Å². The summed E-state index contributed by atoms with van der Waals surface area (Å²) in [6.07, 6.45) is 11.5. The quantitative estimate of drug-likeness (QED) is 0.654. The van der Waals surface area contributed by atoms with Crippen LogP contribution in [0.1, 0.15) is 39.0 Å². The van der Waals surface area contributed by atoms with E-state index in [1.165, 1.54) is 38.6 Å². The first-order valence-corrected chi connectivity index (χ1v) is 5.78. The second kappa shape index (κ2) is 4.28. The van der Waals surface area contributed by atoms with E-state index in [2.05, 4.69) is 24.4 Å². The Balaban J connectivity index is 1.60. The van der Waals surface area contributed by atoms with Gasteiger partial charge in [0.1, 0.15) is 0 Å². The highest BCUT2D eigenvalue weighted by Crippen LogP contribution is 2.33. The molecule has 0 spiro atoms. The van der Waals surface area contributed by atoms with Crippen LogP contribution in [0.3, 0.4) is 0 Å². The van der Waals surface area contributed by atoms with Crippen molar-refractivity contribution in [3.05, 3.63) is 12.2 Å². The third-order valence-corrected chi connectivity index (χ3v) is 3.49. The summed E-state index contributed by atoms with van der Waals surface area (Å²) in [5, 5.41) is 3.69. The van der Waals surface area contributed by atoms with Gasteiger partial charge in [-0.2, -0.15) is 0 Å². The maximum Gasteiger partial charge on any atom is 0.00991 e. The molecule has 0 aromatic rings. The summed E-state index contributed by atoms with van der Waals surface area (Å²) in [5.74, 6) is 1.92. The Morgan fingerprint density at radius 1 is 1.38 bits per heavy atom. The van der Waals surface area contributed by atoms with Crippen LogP contribution in [0.4, 0.5) is 0 Å². The molecule has 0 saturated heterocycles. The zero-order chi connectivity index (χ0) is 9.10. The van der Waals surface area contributed by atoms with Gasteiger partial charge in [0.2, 0.25) is 0 Å². The second-order valence-corrected chi connectivity index (χ2v) is 4.57. The topological polar surface area (TPSA) is 12.0 Å². The van der Waals surface area contributed by atoms with Crippen molar-refractivity contribution in [3.63, 3.8) is 0 Å². The van der Waals surface area contributed by atoms with Crippen molar-refractivity contribution >= 4 is 0 Å². The predicted molar refractivity (Wildman–Crippen MR) is 56.7 cm³/mol. The van der Waals surface area contributed by atoms with Crippen LogP contribution in [-0.4, -0.2) is 12.6 Å². The van der Waals surface area contributed by atoms with E-state index in [1.807, 2.05) is 0 Å². The Labute approximate surface area is 81.6 Å². The highest BCUT2D eigenvalue weighted by molar-refractivity contribution is 4.95. The summed E-state index contributed by atoms with van der Waals surface area (Å²) >= 11 is 0. The van der Waals surface area contributed by atoms with E-state index >= 15 is 0 Å². The fourth-order valence-corrected chi connectivity index (χ4v) is 2.31. The Hall–Kier alpha value is -0.300. The zero-order valence-corrected chi connectivity index (χ0v) is 8.63. The van der Waals surface area contributed by atoms with E-state index in [0.29, 0.717) is 0 Å². The summed E-state index contributed by atoms with van der Waals surface area (Å²) < 4.78 is 0. The smallest absolute Gasteiger partial charge is 0.00991 e. The van der Waals surface area contributed by atoms with Gasteiger partial charge < -0.3 is 5.32 Å². The van der Waals surface area contributed by atoms with Gasteiger partial charge in [-0.25, -0.2) is 0 Å². The number of nitrogens with one attached hydrogen (secondary N) is 1. The van der Waals surface area contributed by atoms with Gasteiger partial charge in [0, 0.05) is 6.04 Å². The number of hydrogen-bond acceptors (Lipinski definition) is 1. The summed E-state index contributed by atoms with van der Waals surface area (Å²) in [6, 6.07) is 0.871. The molecule has 0 aliphatic heterocycles. The normalized spacial score (nSPS) is 37.8. The van der Waals surface area contributed by atoms with E-state index < -0.39 is 0 Å². The molecule has 0 radical (unpaired) electrons. The first-order valence-electron chi connectivity index (χ1n) is 5.78. The molecule has 0 amide bonds. The van der Waals surface area contributed by atoms with Crippen molar-refractivity contribution in [1.29, 1.82) is 0 Å². The van der Waals surface area contributed by atoms with Crippen LogP contribution in [0, 0.1) is 11.8 Å². The first kappa shape index (κ1) is 9.26. The van der Waals surface area contributed by atoms with Gasteiger partial charge in [0.15, 0.2) is 0 Å². The summed E-state index contributed by atoms with van der Waals surface area (Å²) in [6.45, 7) is 3.56. The van der Waals surface area contributed by atoms with Crippen molar-refractivity contribution < 1.29 is 0 Å². The standard InChI is InChI=1S/C12H21N/c1-2-11-8-12(11)13-9-10-6-4-3-5-7-10/h3-4,10-13H,2,5-9H2,1H3. The second-order valence-electron chi connectivity index (χ2n) is 4.57. The highest BCUT2D eigenvalue weighted by atomic mass is 15.0. The Morgan fingerprint density at radius 2 is 2.31 bits per heavy atom. The SMILES string of the molecule is CCC1CC1NCC1CC=CCC1. The maximum absolute atomic E-state index is 3.69. The third-order valence-electron chi connectivity index (χ3n) is 3.49. The van der Waals surface area contributed by atoms with E-state index in [4.69, 9.17) is 0 Å². The van der Waals surface area contributed by atoms with Crippen LogP contribution in [0.2, 0.25) is 0 Å². The molecule has 3 atom stereocenters. The third kappa shape index (κ3) is 2.57. The fourth-order valence-electron chi connectivity index (χ4n) is 2.31. The van der Waals surface area contributed by atoms with Crippen molar-refractivity contribution in [2.24, 2.45) is 11.8 Å². The molecular formula is C12H21N. The molecule has 1 nitrogen and oxygen atoms in total. The molecule has 2 aliphatic carbocycles. The van der Waals surface area contributed by atoms with Crippen molar-refractivity contribution in [3.8, 4) is 0 Å². The molecule has 0 aromatic carbocycles. The van der Waals surface area contributed by atoms with E-state index in [9.17, 15) is 0 Å². The molecule has 0 heterocycles. The molecule has 0 bridgehead atoms. The lowest BCUT2D eigenvalue weighted by molar-refractivity contribution is 0.433. The van der Waals surface area contributed by atoms with Gasteiger partial charge in [-0.1, -0.05) is 25.5 Å². The van der Waals surface area contributed by atoms with Gasteiger partial charge in [-0.15, -0.1) is 0 Å². The molecule has 1 saturated carbocycles. The minimum Gasteiger partial charge on any atom is -0.313 e. The average Bonchev–Trinajstić information content (AvgIpc) is 2.95. The lowest BCUT2D eigenvalue weighted by Gasteiger charge is -2.18. The van der Waals surface area contributed by atoms with Gasteiger partial charge >= 0.3 is 0 Å². The summed E-state index contributed by atoms with van der Waals surface area (Å²) in [7, 11) is 0. The summed E-state index contributed by atoms with van der Waals surface area (Å²) in [4.78, 5) is 0. The Morgan fingerprint density at radius 3 is 2.92 bits per heavy atom. The Bertz CT molecular complexity index is 186. The minimum atomic E-state index is 0.871. The van der Waals surface area contributed by atoms with E-state index in [1.54, 1.807) is 0 Å². The highest BCUT2D eigenvalue weighted by Gasteiger charge is 2.34. The van der Waals surface area contributed by atoms with Crippen LogP contribution in [-0.2, 0) is 0 Å². The monoisotopic (exact) mass is 179 g/mol. The zero-order valence-electron chi connectivity index (χ0n) is 8.63. The van der Waals surface area contributed by atoms with Gasteiger partial charge in [0.25, 0.3) is 0 Å². The van der Waals surface area contributed by atoms with Crippen LogP contribution in [0.5, 0.6) is 0 Å². The lowest BCUT2D eigenvalue weighted by atomic mass is 9.94. The fraction of sp³-hybridized carbons (Fsp3) is 0.833. The molecule has 13 heavy (non-hydrogen) atoms. The van der Waals surface area contributed by atoms with Crippen LogP contribution in [0.15, 0.2) is 12.2 Å². The maximum atomic E-state index is 3.69. The number of hydrogen-bond donors (Lipinski definition) is 1. The van der Waals surface area contributed by atoms with Crippen molar-refractivity contribution in [2.45, 2.75) is 45.1 Å². The molecule has 3 unspecified atom stereocenters. The largest absolute Gasteiger partial charge is 0.313 e. The molecule has 1 fully saturated rings. The molecule has 0 aromatic heterocycles. The molecule has 2 rings (SSSR count). The van der Waals surface area contributed by atoms with E-state index in [0.717, 1.165) is 17.9 Å². The van der Waals surface area contributed by atoms with Gasteiger partial charge in [-0.3, -0.25) is 0 Å². The average molecular weight is 179 g/mol. The van der Waals surface area contributed by atoms with Crippen molar-refractivity contribution in [1.82, 2.24) is 5.32 Å². The molecular weight excluding hydrogens is 158 g/mol. The van der Waals surface area contributed by atoms with Gasteiger partial charge in [-0.05, 0) is 44.1 Å². The molecule has 2 aliphatic rings. The predicted octanol–water partition coefficient (Wildman–Crippen LogP) is 2.73. The van der Waals surface area contributed by atoms with Crippen LogP contribution < -0.4 is 5.32 Å². The number of rotatable bonds is 4. The molecule has 74 valence electrons. The van der Waals surface area contributed by atoms with Crippen LogP contribution in [0.25, 0.3) is 0 Å². The van der Waals surface area contributed by atoms with Crippen LogP contribution >= 0.6 is 0 Å². The Kier molecular flexibility index (Phi) is 3.05.